The molecule has 3 heterocycles. The molecule has 2 unspecified atom stereocenters. The minimum Gasteiger partial charge on any atom is -0.341 e. The Hall–Kier alpha value is -3.84. The van der Waals surface area contributed by atoms with Gasteiger partial charge in [0.15, 0.2) is 0 Å². The number of fused-ring (bicyclic) bond motifs is 6. The maximum atomic E-state index is 5.00. The van der Waals surface area contributed by atoms with Gasteiger partial charge in [0, 0.05) is 65.3 Å². The predicted octanol–water partition coefficient (Wildman–Crippen LogP) is 10.3. The number of nitrogens with zero attached hydrogens (tertiary/aromatic N) is 4. The zero-order chi connectivity index (χ0) is 34.5. The van der Waals surface area contributed by atoms with Crippen LogP contribution in [0.1, 0.15) is 64.2 Å². The second-order valence-electron chi connectivity index (χ2n) is 15.2. The summed E-state index contributed by atoms with van der Waals surface area (Å²) < 4.78 is 0. The van der Waals surface area contributed by atoms with Crippen LogP contribution in [0.5, 0.6) is 0 Å². The minimum atomic E-state index is -1.99. The molecule has 258 valence electrons. The normalized spacial score (nSPS) is 21.7. The molecule has 0 N–H and O–H groups in total. The average molecular weight is 708 g/mol. The van der Waals surface area contributed by atoms with Gasteiger partial charge in [0.2, 0.25) is 0 Å². The van der Waals surface area contributed by atoms with Gasteiger partial charge in [-0.1, -0.05) is 68.1 Å². The van der Waals surface area contributed by atoms with Crippen LogP contribution in [0.15, 0.2) is 109 Å². The summed E-state index contributed by atoms with van der Waals surface area (Å²) in [4.78, 5) is 15.1. The third-order valence-corrected chi connectivity index (χ3v) is 20.1. The highest BCUT2D eigenvalue weighted by atomic mass is 31.2. The fourth-order valence-electron chi connectivity index (χ4n) is 9.63. The standard InChI is InChI=1S/C45H49N4P2/c1-48-38-22-10-12-24-42(38)50(34-18-6-4-7-19-34)43-30-36-32(16-14-26-46-36)28-40(43)49(2)41-29-33-17-15-27-47-37(33)31-45(41)51(3,35-20-8-5-9-21-35)44-25-13-11-23-39(44)48/h10-17,22-31,34-35H,4-9,18-21H2,1-3H3/q+1. The molecule has 0 amide bonds. The Bertz CT molecular complexity index is 2220. The van der Waals surface area contributed by atoms with Gasteiger partial charge in [0.25, 0.3) is 0 Å². The number of rotatable bonds is 2. The van der Waals surface area contributed by atoms with E-state index in [4.69, 9.17) is 9.97 Å². The number of para-hydroxylation sites is 2. The lowest BCUT2D eigenvalue weighted by Gasteiger charge is -2.41. The van der Waals surface area contributed by atoms with E-state index in [2.05, 4.69) is 128 Å². The largest absolute Gasteiger partial charge is 0.341 e. The van der Waals surface area contributed by atoms with Gasteiger partial charge in [-0.25, -0.2) is 0 Å². The van der Waals surface area contributed by atoms with Crippen LogP contribution in [-0.2, 0) is 0 Å². The number of hydrogen-bond donors (Lipinski definition) is 0. The van der Waals surface area contributed by atoms with Gasteiger partial charge in [0.1, 0.15) is 10.6 Å². The van der Waals surface area contributed by atoms with Crippen molar-refractivity contribution in [2.45, 2.75) is 75.5 Å². The maximum absolute atomic E-state index is 5.00. The Kier molecular flexibility index (Phi) is 8.82. The number of pyridine rings is 2. The van der Waals surface area contributed by atoms with Crippen molar-refractivity contribution in [1.29, 1.82) is 0 Å². The Labute approximate surface area is 305 Å². The van der Waals surface area contributed by atoms with Crippen molar-refractivity contribution in [2.75, 3.05) is 30.6 Å². The summed E-state index contributed by atoms with van der Waals surface area (Å²) in [6.07, 6.45) is 17.0. The third kappa shape index (κ3) is 5.66. The van der Waals surface area contributed by atoms with Crippen LogP contribution in [0.4, 0.5) is 22.7 Å². The molecule has 51 heavy (non-hydrogen) atoms. The lowest BCUT2D eigenvalue weighted by molar-refractivity contribution is 0.511. The summed E-state index contributed by atoms with van der Waals surface area (Å²) >= 11 is 0. The van der Waals surface area contributed by atoms with Crippen LogP contribution in [0, 0.1) is 0 Å². The number of aromatic nitrogens is 2. The number of benzene rings is 4. The number of hydrogen-bond acceptors (Lipinski definition) is 4. The molecule has 2 atom stereocenters. The Morgan fingerprint density at radius 1 is 0.549 bits per heavy atom. The summed E-state index contributed by atoms with van der Waals surface area (Å²) in [7, 11) is 2.00. The summed E-state index contributed by atoms with van der Waals surface area (Å²) in [6.45, 7) is 2.68. The summed E-state index contributed by atoms with van der Waals surface area (Å²) in [5.41, 5.74) is 8.82. The second kappa shape index (κ2) is 13.6. The quantitative estimate of drug-likeness (QED) is 0.168. The van der Waals surface area contributed by atoms with E-state index in [1.165, 1.54) is 119 Å². The molecule has 4 aromatic carbocycles. The highest BCUT2D eigenvalue weighted by Crippen LogP contribution is 2.65. The van der Waals surface area contributed by atoms with Crippen LogP contribution in [0.25, 0.3) is 21.8 Å². The topological polar surface area (TPSA) is 32.3 Å². The van der Waals surface area contributed by atoms with E-state index in [0.717, 1.165) is 11.0 Å². The van der Waals surface area contributed by atoms with Crippen LogP contribution < -0.4 is 31.0 Å². The van der Waals surface area contributed by atoms with Crippen LogP contribution in [0.2, 0.25) is 0 Å². The highest BCUT2D eigenvalue weighted by Gasteiger charge is 2.50. The molecule has 6 aromatic rings. The summed E-state index contributed by atoms with van der Waals surface area (Å²) in [6, 6.07) is 37.5. The van der Waals surface area contributed by atoms with Crippen molar-refractivity contribution in [3.8, 4) is 0 Å². The summed E-state index contributed by atoms with van der Waals surface area (Å²) in [5.74, 6) is 0. The monoisotopic (exact) mass is 707 g/mol. The van der Waals surface area contributed by atoms with Crippen molar-refractivity contribution < 1.29 is 0 Å². The minimum absolute atomic E-state index is 0.618. The van der Waals surface area contributed by atoms with E-state index in [-0.39, 0.29) is 0 Å². The Morgan fingerprint density at radius 2 is 1.14 bits per heavy atom. The van der Waals surface area contributed by atoms with E-state index in [1.807, 2.05) is 12.4 Å². The predicted molar refractivity (Wildman–Crippen MR) is 225 cm³/mol. The van der Waals surface area contributed by atoms with E-state index in [0.29, 0.717) is 11.3 Å². The van der Waals surface area contributed by atoms with Crippen molar-refractivity contribution in [3.63, 3.8) is 0 Å². The molecule has 9 rings (SSSR count). The van der Waals surface area contributed by atoms with Crippen molar-refractivity contribution >= 4 is 81.0 Å². The third-order valence-electron chi connectivity index (χ3n) is 12.4. The first-order valence-corrected chi connectivity index (χ1v) is 22.8. The van der Waals surface area contributed by atoms with Crippen molar-refractivity contribution in [2.24, 2.45) is 0 Å². The molecule has 6 heteroatoms. The second-order valence-corrected chi connectivity index (χ2v) is 21.5. The van der Waals surface area contributed by atoms with Crippen LogP contribution in [-0.4, -0.2) is 42.0 Å². The smallest absolute Gasteiger partial charge is 0.125 e. The van der Waals surface area contributed by atoms with Gasteiger partial charge < -0.3 is 9.80 Å². The van der Waals surface area contributed by atoms with Crippen LogP contribution in [0.3, 0.4) is 0 Å². The average Bonchev–Trinajstić information content (AvgIpc) is 3.20. The first-order chi connectivity index (χ1) is 25.0. The molecule has 2 saturated carbocycles. The van der Waals surface area contributed by atoms with E-state index in [1.54, 1.807) is 0 Å². The molecule has 3 aliphatic rings. The lowest BCUT2D eigenvalue weighted by atomic mass is 10.0. The molecule has 2 aromatic heterocycles. The van der Waals surface area contributed by atoms with Gasteiger partial charge in [-0.15, -0.1) is 0 Å². The first-order valence-electron chi connectivity index (χ1n) is 19.1. The molecule has 0 saturated heterocycles. The molecule has 2 aliphatic carbocycles. The van der Waals surface area contributed by atoms with Crippen molar-refractivity contribution in [3.05, 3.63) is 109 Å². The Morgan fingerprint density at radius 3 is 1.86 bits per heavy atom. The molecule has 0 spiro atoms. The fourth-order valence-corrected chi connectivity index (χ4v) is 17.6. The zero-order valence-electron chi connectivity index (χ0n) is 30.3. The number of anilines is 4. The van der Waals surface area contributed by atoms with Gasteiger partial charge in [-0.3, -0.25) is 9.97 Å². The van der Waals surface area contributed by atoms with Gasteiger partial charge in [0.05, 0.1) is 42.0 Å². The Balaban J connectivity index is 1.43. The summed E-state index contributed by atoms with van der Waals surface area (Å²) in [5, 5.41) is 8.41. The van der Waals surface area contributed by atoms with E-state index < -0.39 is 15.2 Å². The lowest BCUT2D eigenvalue weighted by Crippen LogP contribution is -2.38. The highest BCUT2D eigenvalue weighted by molar-refractivity contribution is 7.90. The van der Waals surface area contributed by atoms with E-state index in [9.17, 15) is 0 Å². The van der Waals surface area contributed by atoms with Gasteiger partial charge in [-0.2, -0.15) is 0 Å². The molecular formula is C45H49N4P2+. The molecule has 0 bridgehead atoms. The van der Waals surface area contributed by atoms with Gasteiger partial charge >= 0.3 is 0 Å². The van der Waals surface area contributed by atoms with Crippen LogP contribution >= 0.6 is 15.2 Å². The molecular weight excluding hydrogens is 658 g/mol. The fraction of sp³-hybridized carbons (Fsp3) is 0.333. The first kappa shape index (κ1) is 33.0. The maximum Gasteiger partial charge on any atom is 0.125 e. The SMILES string of the molecule is CN1c2ccccc2P(C2CCCCC2)c2cc3ncccc3cc2N(C)c2cc3cccnc3cc2[P+](C)(C2CCCCC2)c2ccccc21. The zero-order valence-corrected chi connectivity index (χ0v) is 32.1. The van der Waals surface area contributed by atoms with Gasteiger partial charge in [-0.05, 0) is 101 Å². The molecule has 0 radical (unpaired) electrons. The molecule has 1 aliphatic heterocycles. The molecule has 4 nitrogen and oxygen atoms in total. The molecule has 2 fully saturated rings. The van der Waals surface area contributed by atoms with Crippen molar-refractivity contribution in [1.82, 2.24) is 9.97 Å². The van der Waals surface area contributed by atoms with E-state index >= 15 is 0 Å².